The molecule has 2 nitrogen and oxygen atoms in total. The molecule has 2 aromatic rings. The highest BCUT2D eigenvalue weighted by atomic mass is 19.2. The van der Waals surface area contributed by atoms with Crippen LogP contribution in [0.15, 0.2) is 36.4 Å². The zero-order valence-electron chi connectivity index (χ0n) is 8.55. The molecule has 0 radical (unpaired) electrons. The second kappa shape index (κ2) is 4.37. The van der Waals surface area contributed by atoms with Gasteiger partial charge in [-0.15, -0.1) is 0 Å². The number of para-hydroxylation sites is 2. The van der Waals surface area contributed by atoms with Gasteiger partial charge in [0.1, 0.15) is 5.75 Å². The maximum absolute atomic E-state index is 13.3. The molecule has 0 amide bonds. The SMILES string of the molecule is Oc1ccccc1Nc1ccc(F)c(F)c1F. The van der Waals surface area contributed by atoms with Crippen LogP contribution >= 0.6 is 0 Å². The Morgan fingerprint density at radius 1 is 0.824 bits per heavy atom. The van der Waals surface area contributed by atoms with E-state index in [9.17, 15) is 18.3 Å². The summed E-state index contributed by atoms with van der Waals surface area (Å²) in [5.74, 6) is -4.25. The molecule has 2 N–H and O–H groups in total. The van der Waals surface area contributed by atoms with Gasteiger partial charge in [0.05, 0.1) is 11.4 Å². The van der Waals surface area contributed by atoms with Crippen molar-refractivity contribution >= 4 is 11.4 Å². The van der Waals surface area contributed by atoms with Gasteiger partial charge in [-0.1, -0.05) is 12.1 Å². The lowest BCUT2D eigenvalue weighted by Crippen LogP contribution is -1.98. The van der Waals surface area contributed by atoms with Gasteiger partial charge in [0.25, 0.3) is 0 Å². The highest BCUT2D eigenvalue weighted by Gasteiger charge is 2.13. The van der Waals surface area contributed by atoms with Gasteiger partial charge in [-0.3, -0.25) is 0 Å². The highest BCUT2D eigenvalue weighted by molar-refractivity contribution is 5.66. The minimum atomic E-state index is -1.55. The third-order valence-electron chi connectivity index (χ3n) is 2.21. The molecule has 0 saturated carbocycles. The van der Waals surface area contributed by atoms with Crippen molar-refractivity contribution in [3.8, 4) is 5.75 Å². The number of phenols is 1. The molecule has 2 aromatic carbocycles. The zero-order chi connectivity index (χ0) is 12.4. The predicted molar refractivity (Wildman–Crippen MR) is 57.7 cm³/mol. The molecular formula is C12H8F3NO. The fraction of sp³-hybridized carbons (Fsp3) is 0. The average molecular weight is 239 g/mol. The van der Waals surface area contributed by atoms with E-state index in [4.69, 9.17) is 0 Å². The first-order chi connectivity index (χ1) is 8.09. The van der Waals surface area contributed by atoms with Crippen molar-refractivity contribution in [3.05, 3.63) is 53.8 Å². The number of anilines is 2. The number of nitrogens with one attached hydrogen (secondary N) is 1. The summed E-state index contributed by atoms with van der Waals surface area (Å²) in [6.45, 7) is 0. The summed E-state index contributed by atoms with van der Waals surface area (Å²) in [4.78, 5) is 0. The number of phenolic OH excluding ortho intramolecular Hbond substituents is 1. The molecule has 88 valence electrons. The third kappa shape index (κ3) is 2.18. The number of hydrogen-bond acceptors (Lipinski definition) is 2. The standard InChI is InChI=1S/C12H8F3NO/c13-7-5-6-9(12(15)11(7)14)16-8-3-1-2-4-10(8)17/h1-6,16-17H. The lowest BCUT2D eigenvalue weighted by atomic mass is 10.2. The largest absolute Gasteiger partial charge is 0.506 e. The Balaban J connectivity index is 2.38. The smallest absolute Gasteiger partial charge is 0.196 e. The minimum absolute atomic E-state index is 0.114. The summed E-state index contributed by atoms with van der Waals surface area (Å²) in [5.41, 5.74) is -0.0391. The number of aromatic hydroxyl groups is 1. The van der Waals surface area contributed by atoms with Gasteiger partial charge in [-0.25, -0.2) is 13.2 Å². The number of hydrogen-bond donors (Lipinski definition) is 2. The van der Waals surface area contributed by atoms with Gasteiger partial charge >= 0.3 is 0 Å². The summed E-state index contributed by atoms with van der Waals surface area (Å²) in [7, 11) is 0. The molecule has 0 atom stereocenters. The Bertz CT molecular complexity index is 557. The second-order valence-corrected chi connectivity index (χ2v) is 3.37. The second-order valence-electron chi connectivity index (χ2n) is 3.37. The van der Waals surface area contributed by atoms with Crippen molar-refractivity contribution in [1.82, 2.24) is 0 Å². The predicted octanol–water partition coefficient (Wildman–Crippen LogP) is 3.55. The number of halogens is 3. The maximum Gasteiger partial charge on any atom is 0.196 e. The summed E-state index contributed by atoms with van der Waals surface area (Å²) in [6, 6.07) is 7.93. The van der Waals surface area contributed by atoms with Gasteiger partial charge in [-0.05, 0) is 24.3 Å². The molecule has 0 aliphatic carbocycles. The molecule has 0 aliphatic heterocycles. The van der Waals surface area contributed by atoms with Crippen LogP contribution in [0, 0.1) is 17.5 Å². The molecule has 0 unspecified atom stereocenters. The molecule has 0 spiro atoms. The Morgan fingerprint density at radius 3 is 2.24 bits per heavy atom. The van der Waals surface area contributed by atoms with Crippen LogP contribution < -0.4 is 5.32 Å². The molecule has 0 fully saturated rings. The molecule has 2 rings (SSSR count). The molecule has 5 heteroatoms. The van der Waals surface area contributed by atoms with Gasteiger partial charge in [-0.2, -0.15) is 0 Å². The summed E-state index contributed by atoms with van der Waals surface area (Å²) in [6.07, 6.45) is 0. The van der Waals surface area contributed by atoms with E-state index in [0.29, 0.717) is 0 Å². The fourth-order valence-corrected chi connectivity index (χ4v) is 1.35. The van der Waals surface area contributed by atoms with Crippen molar-refractivity contribution in [2.24, 2.45) is 0 Å². The van der Waals surface area contributed by atoms with E-state index in [-0.39, 0.29) is 17.1 Å². The summed E-state index contributed by atoms with van der Waals surface area (Å²) in [5, 5.41) is 11.9. The van der Waals surface area contributed by atoms with Crippen molar-refractivity contribution in [2.75, 3.05) is 5.32 Å². The molecule has 0 saturated heterocycles. The van der Waals surface area contributed by atoms with Crippen LogP contribution in [0.3, 0.4) is 0 Å². The average Bonchev–Trinajstić information content (AvgIpc) is 2.32. The van der Waals surface area contributed by atoms with Crippen LogP contribution in [-0.4, -0.2) is 5.11 Å². The van der Waals surface area contributed by atoms with Crippen molar-refractivity contribution in [2.45, 2.75) is 0 Å². The first-order valence-corrected chi connectivity index (χ1v) is 4.78. The Labute approximate surface area is 95.3 Å². The van der Waals surface area contributed by atoms with Crippen LogP contribution in [0.5, 0.6) is 5.75 Å². The molecule has 17 heavy (non-hydrogen) atoms. The highest BCUT2D eigenvalue weighted by Crippen LogP contribution is 2.28. The zero-order valence-corrected chi connectivity index (χ0v) is 8.55. The van der Waals surface area contributed by atoms with E-state index in [0.717, 1.165) is 12.1 Å². The van der Waals surface area contributed by atoms with Crippen LogP contribution in [-0.2, 0) is 0 Å². The van der Waals surface area contributed by atoms with E-state index in [1.807, 2.05) is 0 Å². The molecule has 0 aliphatic rings. The van der Waals surface area contributed by atoms with E-state index in [1.54, 1.807) is 12.1 Å². The van der Waals surface area contributed by atoms with Crippen molar-refractivity contribution in [3.63, 3.8) is 0 Å². The first kappa shape index (κ1) is 11.3. The van der Waals surface area contributed by atoms with Gasteiger partial charge in [0, 0.05) is 0 Å². The van der Waals surface area contributed by atoms with Crippen LogP contribution in [0.1, 0.15) is 0 Å². The van der Waals surface area contributed by atoms with E-state index in [2.05, 4.69) is 5.32 Å². The molecular weight excluding hydrogens is 231 g/mol. The quantitative estimate of drug-likeness (QED) is 0.620. The monoisotopic (exact) mass is 239 g/mol. The lowest BCUT2D eigenvalue weighted by molar-refractivity contribution is 0.449. The Hall–Kier alpha value is -2.17. The van der Waals surface area contributed by atoms with Crippen molar-refractivity contribution < 1.29 is 18.3 Å². The number of rotatable bonds is 2. The fourth-order valence-electron chi connectivity index (χ4n) is 1.35. The van der Waals surface area contributed by atoms with E-state index < -0.39 is 17.5 Å². The van der Waals surface area contributed by atoms with E-state index in [1.165, 1.54) is 12.1 Å². The first-order valence-electron chi connectivity index (χ1n) is 4.78. The van der Waals surface area contributed by atoms with Crippen LogP contribution in [0.4, 0.5) is 24.5 Å². The normalized spacial score (nSPS) is 10.3. The maximum atomic E-state index is 13.3. The third-order valence-corrected chi connectivity index (χ3v) is 2.21. The molecule has 0 bridgehead atoms. The van der Waals surface area contributed by atoms with Gasteiger partial charge in [0.2, 0.25) is 0 Å². The topological polar surface area (TPSA) is 32.3 Å². The van der Waals surface area contributed by atoms with Gasteiger partial charge in [0.15, 0.2) is 17.5 Å². The minimum Gasteiger partial charge on any atom is -0.506 e. The lowest BCUT2D eigenvalue weighted by Gasteiger charge is -2.09. The van der Waals surface area contributed by atoms with E-state index >= 15 is 0 Å². The van der Waals surface area contributed by atoms with Crippen LogP contribution in [0.25, 0.3) is 0 Å². The Morgan fingerprint density at radius 2 is 1.53 bits per heavy atom. The summed E-state index contributed by atoms with van der Waals surface area (Å²) < 4.78 is 38.9. The number of benzene rings is 2. The van der Waals surface area contributed by atoms with Gasteiger partial charge < -0.3 is 10.4 Å². The molecule has 0 aromatic heterocycles. The molecule has 0 heterocycles. The Kier molecular flexibility index (Phi) is 2.91. The van der Waals surface area contributed by atoms with Crippen LogP contribution in [0.2, 0.25) is 0 Å². The van der Waals surface area contributed by atoms with Crippen molar-refractivity contribution in [1.29, 1.82) is 0 Å². The summed E-state index contributed by atoms with van der Waals surface area (Å²) >= 11 is 0.